The summed E-state index contributed by atoms with van der Waals surface area (Å²) in [6.45, 7) is 5.47. The van der Waals surface area contributed by atoms with Crippen molar-refractivity contribution < 1.29 is 4.79 Å². The van der Waals surface area contributed by atoms with Crippen LogP contribution in [0.3, 0.4) is 0 Å². The summed E-state index contributed by atoms with van der Waals surface area (Å²) in [5.41, 5.74) is 1.78. The highest BCUT2D eigenvalue weighted by Crippen LogP contribution is 2.08. The lowest BCUT2D eigenvalue weighted by atomic mass is 10.1. The molecule has 2 aromatic rings. The van der Waals surface area contributed by atoms with Crippen molar-refractivity contribution in [2.75, 3.05) is 7.05 Å². The lowest BCUT2D eigenvalue weighted by molar-refractivity contribution is 0.0939. The molecule has 1 unspecified atom stereocenters. The molecule has 0 bridgehead atoms. The van der Waals surface area contributed by atoms with Crippen LogP contribution in [-0.4, -0.2) is 25.0 Å². The third kappa shape index (κ3) is 7.33. The summed E-state index contributed by atoms with van der Waals surface area (Å²) >= 11 is 1.72. The Balaban J connectivity index is 0.00000338. The molecule has 1 atom stereocenters. The second-order valence-corrected chi connectivity index (χ2v) is 6.87. The predicted molar refractivity (Wildman–Crippen MR) is 120 cm³/mol. The number of halogens is 1. The van der Waals surface area contributed by atoms with Gasteiger partial charge in [-0.15, -0.1) is 35.3 Å². The van der Waals surface area contributed by atoms with Crippen LogP contribution in [0.5, 0.6) is 0 Å². The highest BCUT2D eigenvalue weighted by Gasteiger charge is 2.08. The lowest BCUT2D eigenvalue weighted by Crippen LogP contribution is -2.36. The summed E-state index contributed by atoms with van der Waals surface area (Å²) in [6, 6.07) is 12.0. The van der Waals surface area contributed by atoms with E-state index in [-0.39, 0.29) is 35.9 Å². The third-order valence-corrected chi connectivity index (χ3v) is 4.78. The summed E-state index contributed by atoms with van der Waals surface area (Å²) in [5.74, 6) is 0.731. The molecule has 142 valence electrons. The van der Waals surface area contributed by atoms with Crippen molar-refractivity contribution in [1.29, 1.82) is 0 Å². The number of nitrogens with one attached hydrogen (secondary N) is 3. The number of amides is 1. The summed E-state index contributed by atoms with van der Waals surface area (Å²) < 4.78 is 0. The third-order valence-electron chi connectivity index (χ3n) is 3.90. The van der Waals surface area contributed by atoms with Crippen LogP contribution in [0.25, 0.3) is 0 Å². The fourth-order valence-electron chi connectivity index (χ4n) is 2.17. The molecule has 0 radical (unpaired) electrons. The largest absolute Gasteiger partial charge is 0.352 e. The van der Waals surface area contributed by atoms with Gasteiger partial charge in [-0.3, -0.25) is 9.79 Å². The van der Waals surface area contributed by atoms with Crippen molar-refractivity contribution in [2.24, 2.45) is 4.99 Å². The molecule has 0 aliphatic heterocycles. The first-order valence-corrected chi connectivity index (χ1v) is 9.37. The first-order valence-electron chi connectivity index (χ1n) is 8.49. The molecule has 1 heterocycles. The Labute approximate surface area is 176 Å². The molecule has 0 aliphatic carbocycles. The van der Waals surface area contributed by atoms with E-state index in [0.717, 1.165) is 24.5 Å². The van der Waals surface area contributed by atoms with E-state index in [9.17, 15) is 4.79 Å². The minimum atomic E-state index is -0.0257. The topological polar surface area (TPSA) is 65.5 Å². The number of thiophene rings is 1. The van der Waals surface area contributed by atoms with E-state index in [2.05, 4.69) is 39.3 Å². The van der Waals surface area contributed by atoms with Gasteiger partial charge in [0.1, 0.15) is 0 Å². The van der Waals surface area contributed by atoms with Gasteiger partial charge in [-0.2, -0.15) is 0 Å². The molecule has 2 rings (SSSR count). The van der Waals surface area contributed by atoms with Crippen molar-refractivity contribution >= 4 is 47.2 Å². The molecule has 7 heteroatoms. The highest BCUT2D eigenvalue weighted by atomic mass is 127. The van der Waals surface area contributed by atoms with Crippen LogP contribution in [0.2, 0.25) is 0 Å². The Morgan fingerprint density at radius 3 is 2.42 bits per heavy atom. The lowest BCUT2D eigenvalue weighted by Gasteiger charge is -2.13. The van der Waals surface area contributed by atoms with Gasteiger partial charge in [0.05, 0.1) is 6.54 Å². The smallest absolute Gasteiger partial charge is 0.251 e. The number of aliphatic imine (C=N–C) groups is 1. The predicted octanol–water partition coefficient (Wildman–Crippen LogP) is 3.76. The van der Waals surface area contributed by atoms with Crippen LogP contribution in [0, 0.1) is 0 Å². The number of guanidine groups is 1. The van der Waals surface area contributed by atoms with Crippen molar-refractivity contribution in [3.05, 3.63) is 57.8 Å². The molecule has 1 aromatic heterocycles. The van der Waals surface area contributed by atoms with E-state index >= 15 is 0 Å². The summed E-state index contributed by atoms with van der Waals surface area (Å²) in [5, 5.41) is 11.6. The van der Waals surface area contributed by atoms with Gasteiger partial charge in [-0.25, -0.2) is 0 Å². The number of hydrogen-bond acceptors (Lipinski definition) is 3. The number of hydrogen-bond donors (Lipinski definition) is 3. The van der Waals surface area contributed by atoms with Gasteiger partial charge in [0.2, 0.25) is 0 Å². The minimum Gasteiger partial charge on any atom is -0.352 e. The fourth-order valence-corrected chi connectivity index (χ4v) is 2.82. The fraction of sp³-hybridized carbons (Fsp3) is 0.368. The molecule has 1 aromatic carbocycles. The van der Waals surface area contributed by atoms with E-state index in [1.165, 1.54) is 4.88 Å². The van der Waals surface area contributed by atoms with Crippen molar-refractivity contribution in [2.45, 2.75) is 39.4 Å². The SMILES string of the molecule is CCC(C)NC(=O)c1ccc(CNC(=NC)NCc2cccs2)cc1.I. The second kappa shape index (κ2) is 11.9. The molecule has 0 spiro atoms. The van der Waals surface area contributed by atoms with Gasteiger partial charge >= 0.3 is 0 Å². The maximum absolute atomic E-state index is 12.1. The number of nitrogens with zero attached hydrogens (tertiary/aromatic N) is 1. The zero-order valence-corrected chi connectivity index (χ0v) is 18.6. The van der Waals surface area contributed by atoms with Crippen molar-refractivity contribution in [1.82, 2.24) is 16.0 Å². The van der Waals surface area contributed by atoms with E-state index in [4.69, 9.17) is 0 Å². The van der Waals surface area contributed by atoms with E-state index in [0.29, 0.717) is 12.1 Å². The van der Waals surface area contributed by atoms with Gasteiger partial charge in [0.25, 0.3) is 5.91 Å². The molecule has 1 amide bonds. The van der Waals surface area contributed by atoms with Gasteiger partial charge in [-0.1, -0.05) is 25.1 Å². The van der Waals surface area contributed by atoms with Crippen molar-refractivity contribution in [3.63, 3.8) is 0 Å². The monoisotopic (exact) mass is 486 g/mol. The number of carbonyl (C=O) groups excluding carboxylic acids is 1. The average molecular weight is 486 g/mol. The van der Waals surface area contributed by atoms with E-state index in [1.807, 2.05) is 37.3 Å². The molecule has 26 heavy (non-hydrogen) atoms. The molecule has 0 saturated carbocycles. The summed E-state index contributed by atoms with van der Waals surface area (Å²) in [4.78, 5) is 17.6. The first-order chi connectivity index (χ1) is 12.1. The van der Waals surface area contributed by atoms with Crippen LogP contribution in [-0.2, 0) is 13.1 Å². The number of carbonyl (C=O) groups is 1. The van der Waals surface area contributed by atoms with Crippen LogP contribution in [0.4, 0.5) is 0 Å². The Morgan fingerprint density at radius 1 is 1.15 bits per heavy atom. The highest BCUT2D eigenvalue weighted by molar-refractivity contribution is 14.0. The maximum Gasteiger partial charge on any atom is 0.251 e. The molecule has 0 fully saturated rings. The second-order valence-electron chi connectivity index (χ2n) is 5.84. The summed E-state index contributed by atoms with van der Waals surface area (Å²) in [6.07, 6.45) is 0.922. The zero-order chi connectivity index (χ0) is 18.1. The van der Waals surface area contributed by atoms with Crippen LogP contribution in [0.15, 0.2) is 46.8 Å². The Hall–Kier alpha value is -1.61. The normalized spacial score (nSPS) is 12.0. The number of benzene rings is 1. The Bertz CT molecular complexity index is 686. The Morgan fingerprint density at radius 2 is 1.85 bits per heavy atom. The van der Waals surface area contributed by atoms with E-state index in [1.54, 1.807) is 18.4 Å². The van der Waals surface area contributed by atoms with Gasteiger partial charge in [-0.05, 0) is 42.5 Å². The van der Waals surface area contributed by atoms with Crippen molar-refractivity contribution in [3.8, 4) is 0 Å². The standard InChI is InChI=1S/C19H26N4OS.HI/c1-4-14(2)23-18(24)16-9-7-15(8-10-16)12-21-19(20-3)22-13-17-6-5-11-25-17;/h5-11,14H,4,12-13H2,1-3H3,(H,23,24)(H2,20,21,22);1H. The molecule has 0 aliphatic rings. The molecular formula is C19H27IN4OS. The van der Waals surface area contributed by atoms with Crippen LogP contribution in [0.1, 0.15) is 41.1 Å². The Kier molecular flexibility index (Phi) is 10.3. The van der Waals surface area contributed by atoms with Gasteiger partial charge in [0, 0.05) is 30.1 Å². The quantitative estimate of drug-likeness (QED) is 0.317. The molecular weight excluding hydrogens is 459 g/mol. The van der Waals surface area contributed by atoms with Crippen LogP contribution >= 0.6 is 35.3 Å². The molecule has 5 nitrogen and oxygen atoms in total. The van der Waals surface area contributed by atoms with E-state index < -0.39 is 0 Å². The zero-order valence-electron chi connectivity index (χ0n) is 15.4. The minimum absolute atomic E-state index is 0. The first kappa shape index (κ1) is 22.4. The molecule has 0 saturated heterocycles. The maximum atomic E-state index is 12.1. The van der Waals surface area contributed by atoms with Gasteiger partial charge in [0.15, 0.2) is 5.96 Å². The molecule has 3 N–H and O–H groups in total. The average Bonchev–Trinajstić information content (AvgIpc) is 3.15. The van der Waals surface area contributed by atoms with Gasteiger partial charge < -0.3 is 16.0 Å². The number of rotatable bonds is 7. The summed E-state index contributed by atoms with van der Waals surface area (Å²) in [7, 11) is 1.76. The van der Waals surface area contributed by atoms with Crippen LogP contribution < -0.4 is 16.0 Å².